The molecule has 0 saturated carbocycles. The molecule has 1 amide bonds. The molecule has 0 aliphatic heterocycles. The molecule has 1 aromatic carbocycles. The third-order valence-corrected chi connectivity index (χ3v) is 2.77. The van der Waals surface area contributed by atoms with Gasteiger partial charge in [-0.3, -0.25) is 4.79 Å². The summed E-state index contributed by atoms with van der Waals surface area (Å²) >= 11 is 0. The first-order valence-electron chi connectivity index (χ1n) is 6.00. The highest BCUT2D eigenvalue weighted by Crippen LogP contribution is 2.09. The van der Waals surface area contributed by atoms with Crippen LogP contribution in [0.3, 0.4) is 0 Å². The molecule has 5 heteroatoms. The van der Waals surface area contributed by atoms with E-state index in [2.05, 4.69) is 10.3 Å². The summed E-state index contributed by atoms with van der Waals surface area (Å²) < 4.78 is 13.1. The Balaban J connectivity index is 2.04. The number of carbonyl (C=O) groups is 1. The summed E-state index contributed by atoms with van der Waals surface area (Å²) in [4.78, 5) is 15.8. The quantitative estimate of drug-likeness (QED) is 0.930. The van der Waals surface area contributed by atoms with E-state index < -0.39 is 0 Å². The van der Waals surface area contributed by atoms with Gasteiger partial charge in [0, 0.05) is 6.54 Å². The summed E-state index contributed by atoms with van der Waals surface area (Å²) in [5.74, 6) is -0.646. The average molecular weight is 269 g/mol. The Morgan fingerprint density at radius 1 is 1.40 bits per heavy atom. The fourth-order valence-corrected chi connectivity index (χ4v) is 1.71. The third-order valence-electron chi connectivity index (χ3n) is 2.77. The lowest BCUT2D eigenvalue weighted by Gasteiger charge is -2.06. The number of halogens is 1. The second-order valence-corrected chi connectivity index (χ2v) is 4.29. The zero-order chi connectivity index (χ0) is 14.5. The Morgan fingerprint density at radius 2 is 2.20 bits per heavy atom. The van der Waals surface area contributed by atoms with E-state index in [0.717, 1.165) is 5.56 Å². The summed E-state index contributed by atoms with van der Waals surface area (Å²) in [5.41, 5.74) is 1.70. The van der Waals surface area contributed by atoms with Gasteiger partial charge in [-0.25, -0.2) is 9.37 Å². The van der Waals surface area contributed by atoms with Crippen molar-refractivity contribution < 1.29 is 9.18 Å². The van der Waals surface area contributed by atoms with E-state index >= 15 is 0 Å². The minimum absolute atomic E-state index is 0.183. The van der Waals surface area contributed by atoms with Crippen LogP contribution >= 0.6 is 0 Å². The number of hydrogen-bond acceptors (Lipinski definition) is 3. The molecule has 0 unspecified atom stereocenters. The summed E-state index contributed by atoms with van der Waals surface area (Å²) in [6.07, 6.45) is 0. The van der Waals surface area contributed by atoms with Gasteiger partial charge >= 0.3 is 0 Å². The molecular weight excluding hydrogens is 257 g/mol. The Kier molecular flexibility index (Phi) is 4.06. The van der Waals surface area contributed by atoms with Crippen LogP contribution in [0.4, 0.5) is 4.39 Å². The van der Waals surface area contributed by atoms with Crippen molar-refractivity contribution in [1.29, 1.82) is 5.26 Å². The zero-order valence-electron chi connectivity index (χ0n) is 10.9. The van der Waals surface area contributed by atoms with Crippen molar-refractivity contribution >= 4 is 5.91 Å². The highest BCUT2D eigenvalue weighted by atomic mass is 19.1. The van der Waals surface area contributed by atoms with Crippen molar-refractivity contribution in [2.24, 2.45) is 0 Å². The van der Waals surface area contributed by atoms with Crippen LogP contribution in [-0.4, -0.2) is 10.9 Å². The van der Waals surface area contributed by atoms with Crippen molar-refractivity contribution in [1.82, 2.24) is 10.3 Å². The van der Waals surface area contributed by atoms with E-state index in [-0.39, 0.29) is 29.7 Å². The third kappa shape index (κ3) is 3.18. The van der Waals surface area contributed by atoms with Gasteiger partial charge in [-0.15, -0.1) is 0 Å². The van der Waals surface area contributed by atoms with Crippen molar-refractivity contribution in [3.8, 4) is 6.07 Å². The van der Waals surface area contributed by atoms with Crippen LogP contribution in [0.25, 0.3) is 0 Å². The number of carbonyl (C=O) groups excluding carboxylic acids is 1. The Labute approximate surface area is 115 Å². The lowest BCUT2D eigenvalue weighted by molar-refractivity contribution is 0.0946. The molecule has 0 radical (unpaired) electrons. The second kappa shape index (κ2) is 5.93. The van der Waals surface area contributed by atoms with Crippen LogP contribution < -0.4 is 5.32 Å². The predicted molar refractivity (Wildman–Crippen MR) is 71.3 cm³/mol. The van der Waals surface area contributed by atoms with E-state index in [1.807, 2.05) is 6.07 Å². The molecule has 1 heterocycles. The van der Waals surface area contributed by atoms with E-state index in [1.54, 1.807) is 25.1 Å². The largest absolute Gasteiger partial charge is 0.347 e. The zero-order valence-corrected chi connectivity index (χ0v) is 10.9. The number of nitrogens with one attached hydrogen (secondary N) is 1. The molecule has 2 aromatic rings. The molecule has 0 saturated heterocycles. The fraction of sp³-hybridized carbons (Fsp3) is 0.133. The number of nitrogens with zero attached hydrogens (tertiary/aromatic N) is 2. The average Bonchev–Trinajstić information content (AvgIpc) is 2.48. The van der Waals surface area contributed by atoms with E-state index in [9.17, 15) is 9.18 Å². The molecule has 0 spiro atoms. The highest BCUT2D eigenvalue weighted by Gasteiger charge is 2.08. The van der Waals surface area contributed by atoms with Crippen molar-refractivity contribution in [3.63, 3.8) is 0 Å². The van der Waals surface area contributed by atoms with Gasteiger partial charge < -0.3 is 5.32 Å². The van der Waals surface area contributed by atoms with Gasteiger partial charge in [-0.05, 0) is 36.2 Å². The van der Waals surface area contributed by atoms with Crippen LogP contribution in [0.5, 0.6) is 0 Å². The Hall–Kier alpha value is -2.74. The topological polar surface area (TPSA) is 65.8 Å². The molecular formula is C15H12FN3O. The van der Waals surface area contributed by atoms with Crippen LogP contribution in [0.15, 0.2) is 36.4 Å². The lowest BCUT2D eigenvalue weighted by Crippen LogP contribution is -2.24. The van der Waals surface area contributed by atoms with Gasteiger partial charge in [0.25, 0.3) is 5.91 Å². The maximum atomic E-state index is 13.1. The minimum atomic E-state index is -0.371. The normalized spacial score (nSPS) is 9.85. The van der Waals surface area contributed by atoms with E-state index in [4.69, 9.17) is 5.26 Å². The van der Waals surface area contributed by atoms with E-state index in [1.165, 1.54) is 18.2 Å². The van der Waals surface area contributed by atoms with Crippen molar-refractivity contribution in [3.05, 3.63) is 64.7 Å². The van der Waals surface area contributed by atoms with Gasteiger partial charge in [-0.1, -0.05) is 18.2 Å². The number of nitriles is 1. The van der Waals surface area contributed by atoms with Gasteiger partial charge in [0.2, 0.25) is 0 Å². The number of benzene rings is 1. The number of pyridine rings is 1. The van der Waals surface area contributed by atoms with Gasteiger partial charge in [-0.2, -0.15) is 5.26 Å². The maximum Gasteiger partial charge on any atom is 0.270 e. The lowest BCUT2D eigenvalue weighted by atomic mass is 10.1. The predicted octanol–water partition coefficient (Wildman–Crippen LogP) is 2.33. The molecule has 0 bridgehead atoms. The molecule has 2 rings (SSSR count). The van der Waals surface area contributed by atoms with Gasteiger partial charge in [0.1, 0.15) is 23.3 Å². The standard InChI is InChI=1S/C15H12FN3O/c1-10-7-11(5-6-13(10)16)9-18-15(20)14-4-2-3-12(8-17)19-14/h2-7H,9H2,1H3,(H,18,20). The second-order valence-electron chi connectivity index (χ2n) is 4.29. The van der Waals surface area contributed by atoms with Crippen LogP contribution in [-0.2, 0) is 6.54 Å². The minimum Gasteiger partial charge on any atom is -0.347 e. The van der Waals surface area contributed by atoms with E-state index in [0.29, 0.717) is 5.56 Å². The number of rotatable bonds is 3. The molecule has 1 aromatic heterocycles. The summed E-state index contributed by atoms with van der Waals surface area (Å²) in [5, 5.41) is 11.4. The molecule has 0 fully saturated rings. The van der Waals surface area contributed by atoms with Crippen molar-refractivity contribution in [2.45, 2.75) is 13.5 Å². The molecule has 1 N–H and O–H groups in total. The smallest absolute Gasteiger partial charge is 0.270 e. The summed E-state index contributed by atoms with van der Waals surface area (Å²) in [6, 6.07) is 11.2. The summed E-state index contributed by atoms with van der Waals surface area (Å²) in [7, 11) is 0. The molecule has 20 heavy (non-hydrogen) atoms. The highest BCUT2D eigenvalue weighted by molar-refractivity contribution is 5.92. The number of aryl methyl sites for hydroxylation is 1. The Morgan fingerprint density at radius 3 is 2.90 bits per heavy atom. The van der Waals surface area contributed by atoms with Crippen LogP contribution in [0.1, 0.15) is 27.3 Å². The van der Waals surface area contributed by atoms with Gasteiger partial charge in [0.15, 0.2) is 0 Å². The fourth-order valence-electron chi connectivity index (χ4n) is 1.71. The number of hydrogen-bond donors (Lipinski definition) is 1. The molecule has 4 nitrogen and oxygen atoms in total. The first-order valence-corrected chi connectivity index (χ1v) is 6.00. The van der Waals surface area contributed by atoms with Gasteiger partial charge in [0.05, 0.1) is 0 Å². The monoisotopic (exact) mass is 269 g/mol. The molecule has 100 valence electrons. The molecule has 0 aliphatic carbocycles. The summed E-state index contributed by atoms with van der Waals surface area (Å²) in [6.45, 7) is 1.94. The van der Waals surface area contributed by atoms with Crippen LogP contribution in [0, 0.1) is 24.1 Å². The molecule has 0 aliphatic rings. The first-order chi connectivity index (χ1) is 9.60. The molecule has 0 atom stereocenters. The Bertz CT molecular complexity index is 692. The van der Waals surface area contributed by atoms with Crippen molar-refractivity contribution in [2.75, 3.05) is 0 Å². The first kappa shape index (κ1) is 13.7. The number of amides is 1. The SMILES string of the molecule is Cc1cc(CNC(=O)c2cccc(C#N)n2)ccc1F. The maximum absolute atomic E-state index is 13.1. The number of aromatic nitrogens is 1. The van der Waals surface area contributed by atoms with Crippen LogP contribution in [0.2, 0.25) is 0 Å².